The number of aromatic nitrogens is 3. The molecule has 21 heavy (non-hydrogen) atoms. The molecule has 0 spiro atoms. The highest BCUT2D eigenvalue weighted by Crippen LogP contribution is 2.60. The monoisotopic (exact) mass is 285 g/mol. The van der Waals surface area contributed by atoms with E-state index in [-0.39, 0.29) is 23.8 Å². The van der Waals surface area contributed by atoms with E-state index in [0.717, 1.165) is 12.0 Å². The molecule has 1 aromatic heterocycles. The Morgan fingerprint density at radius 2 is 2.19 bits per heavy atom. The maximum Gasteiger partial charge on any atom is 0.526 e. The van der Waals surface area contributed by atoms with Crippen LogP contribution in [0.1, 0.15) is 33.8 Å². The van der Waals surface area contributed by atoms with E-state index in [2.05, 4.69) is 10.2 Å². The molecule has 2 N–H and O–H groups in total. The number of aromatic carboxylic acids is 1. The van der Waals surface area contributed by atoms with Crippen LogP contribution < -0.4 is 4.65 Å². The van der Waals surface area contributed by atoms with Crippen LogP contribution >= 0.6 is 0 Å². The van der Waals surface area contributed by atoms with Crippen LogP contribution in [0.2, 0.25) is 5.82 Å². The van der Waals surface area contributed by atoms with Gasteiger partial charge in [0.2, 0.25) is 0 Å². The molecule has 1 fully saturated rings. The molecular weight excluding hydrogens is 273 g/mol. The van der Waals surface area contributed by atoms with Crippen molar-refractivity contribution in [2.24, 2.45) is 0 Å². The first-order valence-corrected chi connectivity index (χ1v) is 6.73. The topological polar surface area (TPSA) is 97.5 Å². The molecule has 2 heterocycles. The highest BCUT2D eigenvalue weighted by Gasteiger charge is 2.54. The van der Waals surface area contributed by atoms with E-state index in [9.17, 15) is 14.9 Å². The largest absolute Gasteiger partial charge is 0.535 e. The minimum Gasteiger partial charge on any atom is -0.535 e. The minimum atomic E-state index is -1.07. The quantitative estimate of drug-likeness (QED) is 0.808. The Hall–Kier alpha value is -2.35. The average Bonchev–Trinajstić information content (AvgIpc) is 3.10. The smallest absolute Gasteiger partial charge is 0.526 e. The molecule has 2 aliphatic rings. The van der Waals surface area contributed by atoms with Gasteiger partial charge in [-0.15, -0.1) is 0 Å². The summed E-state index contributed by atoms with van der Waals surface area (Å²) in [5.74, 6) is -0.477. The molecule has 0 bridgehead atoms. The van der Waals surface area contributed by atoms with Crippen molar-refractivity contribution < 1.29 is 19.6 Å². The predicted octanol–water partition coefficient (Wildman–Crippen LogP) is 0.755. The third kappa shape index (κ3) is 1.91. The van der Waals surface area contributed by atoms with Crippen LogP contribution in [-0.4, -0.2) is 38.2 Å². The van der Waals surface area contributed by atoms with E-state index >= 15 is 0 Å². The molecule has 2 atom stereocenters. The van der Waals surface area contributed by atoms with Crippen molar-refractivity contribution in [2.45, 2.75) is 24.7 Å². The van der Waals surface area contributed by atoms with Crippen LogP contribution in [0.5, 0.6) is 5.75 Å². The second-order valence-electron chi connectivity index (χ2n) is 5.40. The van der Waals surface area contributed by atoms with Gasteiger partial charge in [0.25, 0.3) is 0 Å². The Labute approximate surface area is 120 Å². The fourth-order valence-electron chi connectivity index (χ4n) is 3.00. The lowest BCUT2D eigenvalue weighted by Crippen LogP contribution is -2.28. The third-order valence-corrected chi connectivity index (χ3v) is 4.11. The number of nitrogens with zero attached hydrogens (tertiary/aromatic N) is 3. The van der Waals surface area contributed by atoms with Crippen molar-refractivity contribution in [1.82, 2.24) is 15.0 Å². The van der Waals surface area contributed by atoms with Crippen LogP contribution in [0.3, 0.4) is 0 Å². The highest BCUT2D eigenvalue weighted by molar-refractivity contribution is 6.48. The summed E-state index contributed by atoms with van der Waals surface area (Å²) in [5.41, 5.74) is 1.53. The zero-order valence-corrected chi connectivity index (χ0v) is 11.0. The summed E-state index contributed by atoms with van der Waals surface area (Å²) < 4.78 is 5.46. The summed E-state index contributed by atoms with van der Waals surface area (Å²) in [7, 11) is -0.918. The van der Waals surface area contributed by atoms with Crippen LogP contribution in [0.25, 0.3) is 0 Å². The normalized spacial score (nSPS) is 22.2. The molecule has 0 saturated heterocycles. The Morgan fingerprint density at radius 3 is 2.90 bits per heavy atom. The van der Waals surface area contributed by atoms with Gasteiger partial charge in [0.1, 0.15) is 11.3 Å². The molecule has 2 aromatic rings. The summed E-state index contributed by atoms with van der Waals surface area (Å²) in [5, 5.41) is 27.4. The molecular formula is C13H12BN3O4. The Bertz CT molecular complexity index is 718. The summed E-state index contributed by atoms with van der Waals surface area (Å²) in [4.78, 5) is 13.0. The molecule has 7 nitrogen and oxygen atoms in total. The Morgan fingerprint density at radius 1 is 1.43 bits per heavy atom. The zero-order valence-electron chi connectivity index (χ0n) is 11.0. The van der Waals surface area contributed by atoms with Gasteiger partial charge >= 0.3 is 13.1 Å². The van der Waals surface area contributed by atoms with E-state index in [0.29, 0.717) is 11.3 Å². The summed E-state index contributed by atoms with van der Waals surface area (Å²) in [6.07, 6.45) is 3.91. The van der Waals surface area contributed by atoms with Gasteiger partial charge in [0.05, 0.1) is 18.9 Å². The molecule has 1 saturated carbocycles. The van der Waals surface area contributed by atoms with Gasteiger partial charge in [-0.2, -0.15) is 15.0 Å². The highest BCUT2D eigenvalue weighted by atomic mass is 16.5. The van der Waals surface area contributed by atoms with Crippen LogP contribution in [0.4, 0.5) is 0 Å². The average molecular weight is 285 g/mol. The molecule has 1 aliphatic heterocycles. The third-order valence-electron chi connectivity index (χ3n) is 4.11. The first kappa shape index (κ1) is 12.4. The standard InChI is InChI=1S/C13H12BN3O4/c18-13(19)11-7(6-17-15-3-4-16-17)1-2-8-9-5-10(9)14(20)21-12(8)11/h1-4,9-10,20H,5-6H2,(H,18,19). The van der Waals surface area contributed by atoms with E-state index < -0.39 is 13.1 Å². The predicted molar refractivity (Wildman–Crippen MR) is 72.2 cm³/mol. The van der Waals surface area contributed by atoms with Gasteiger partial charge in [-0.1, -0.05) is 12.1 Å². The molecule has 1 aliphatic carbocycles. The molecule has 1 aromatic carbocycles. The Kier molecular flexibility index (Phi) is 2.55. The number of hydrogen-bond acceptors (Lipinski definition) is 5. The summed E-state index contributed by atoms with van der Waals surface area (Å²) >= 11 is 0. The van der Waals surface area contributed by atoms with E-state index in [1.54, 1.807) is 6.07 Å². The number of carbonyl (C=O) groups is 1. The SMILES string of the molecule is O=C(O)c1c(Cn2nccn2)ccc2c1OB(O)C1CC21. The Balaban J connectivity index is 1.81. The number of carboxylic acids is 1. The molecule has 0 radical (unpaired) electrons. The zero-order chi connectivity index (χ0) is 14.6. The summed E-state index contributed by atoms with van der Waals surface area (Å²) in [6.45, 7) is 0.245. The van der Waals surface area contributed by atoms with Crippen LogP contribution in [0.15, 0.2) is 24.5 Å². The van der Waals surface area contributed by atoms with Gasteiger partial charge in [0, 0.05) is 5.82 Å². The second kappa shape index (κ2) is 4.32. The number of carboxylic acid groups (broad SMARTS) is 1. The van der Waals surface area contributed by atoms with Crippen LogP contribution in [-0.2, 0) is 6.54 Å². The molecule has 0 amide bonds. The van der Waals surface area contributed by atoms with Crippen LogP contribution in [0, 0.1) is 0 Å². The first-order chi connectivity index (χ1) is 10.1. The maximum absolute atomic E-state index is 11.6. The van der Waals surface area contributed by atoms with Crippen molar-refractivity contribution >= 4 is 13.1 Å². The molecule has 8 heteroatoms. The van der Waals surface area contributed by atoms with Gasteiger partial charge < -0.3 is 14.8 Å². The van der Waals surface area contributed by atoms with Crippen molar-refractivity contribution in [3.8, 4) is 5.75 Å². The molecule has 2 unspecified atom stereocenters. The van der Waals surface area contributed by atoms with Crippen molar-refractivity contribution in [3.63, 3.8) is 0 Å². The van der Waals surface area contributed by atoms with E-state index in [4.69, 9.17) is 4.65 Å². The number of fused-ring (bicyclic) bond motifs is 3. The maximum atomic E-state index is 11.6. The fraction of sp³-hybridized carbons (Fsp3) is 0.308. The summed E-state index contributed by atoms with van der Waals surface area (Å²) in [6, 6.07) is 3.67. The fourth-order valence-corrected chi connectivity index (χ4v) is 3.00. The van der Waals surface area contributed by atoms with Crippen molar-refractivity contribution in [3.05, 3.63) is 41.2 Å². The number of benzene rings is 1. The van der Waals surface area contributed by atoms with Gasteiger partial charge in [0.15, 0.2) is 0 Å². The first-order valence-electron chi connectivity index (χ1n) is 6.73. The second-order valence-corrected chi connectivity index (χ2v) is 5.40. The lowest BCUT2D eigenvalue weighted by atomic mass is 9.77. The lowest BCUT2D eigenvalue weighted by molar-refractivity contribution is 0.0693. The molecule has 106 valence electrons. The van der Waals surface area contributed by atoms with Crippen molar-refractivity contribution in [1.29, 1.82) is 0 Å². The van der Waals surface area contributed by atoms with E-state index in [1.807, 2.05) is 6.07 Å². The number of hydrogen-bond donors (Lipinski definition) is 2. The molecule has 4 rings (SSSR count). The minimum absolute atomic E-state index is 0.0919. The van der Waals surface area contributed by atoms with Gasteiger partial charge in [-0.25, -0.2) is 4.79 Å². The van der Waals surface area contributed by atoms with Crippen molar-refractivity contribution in [2.75, 3.05) is 0 Å². The van der Waals surface area contributed by atoms with E-state index in [1.165, 1.54) is 17.2 Å². The number of rotatable bonds is 3. The van der Waals surface area contributed by atoms with Gasteiger partial charge in [-0.3, -0.25) is 0 Å². The lowest BCUT2D eigenvalue weighted by Gasteiger charge is -2.22. The van der Waals surface area contributed by atoms with Gasteiger partial charge in [-0.05, 0) is 23.5 Å².